The summed E-state index contributed by atoms with van der Waals surface area (Å²) in [7, 11) is 0. The van der Waals surface area contributed by atoms with Crippen LogP contribution in [0.25, 0.3) is 11.3 Å². The molecule has 0 aliphatic heterocycles. The highest BCUT2D eigenvalue weighted by Crippen LogP contribution is 2.33. The number of nitrogens with zero attached hydrogens (tertiary/aromatic N) is 1. The zero-order chi connectivity index (χ0) is 13.1. The molecule has 1 saturated carbocycles. The largest absolute Gasteiger partial charge is 0.325 e. The van der Waals surface area contributed by atoms with Crippen LogP contribution in [0.5, 0.6) is 0 Å². The van der Waals surface area contributed by atoms with Gasteiger partial charge in [-0.25, -0.2) is 0 Å². The molecular formula is C16H21N3. The first kappa shape index (κ1) is 12.4. The number of nitrogens with two attached hydrogens (primary N) is 1. The van der Waals surface area contributed by atoms with E-state index in [1.54, 1.807) is 0 Å². The number of hydrogen-bond acceptors (Lipinski definition) is 2. The molecule has 3 N–H and O–H groups in total. The lowest BCUT2D eigenvalue weighted by molar-refractivity contribution is 0.443. The Kier molecular flexibility index (Phi) is 3.65. The van der Waals surface area contributed by atoms with E-state index in [4.69, 9.17) is 5.73 Å². The van der Waals surface area contributed by atoms with Crippen LogP contribution < -0.4 is 5.73 Å². The van der Waals surface area contributed by atoms with Crippen molar-refractivity contribution in [3.05, 3.63) is 41.6 Å². The number of nitrogens with one attached hydrogen (secondary N) is 1. The Balaban J connectivity index is 1.78. The van der Waals surface area contributed by atoms with E-state index in [0.717, 1.165) is 22.9 Å². The van der Waals surface area contributed by atoms with E-state index >= 15 is 0 Å². The zero-order valence-corrected chi connectivity index (χ0v) is 11.2. The van der Waals surface area contributed by atoms with Crippen LogP contribution in [-0.4, -0.2) is 10.2 Å². The highest BCUT2D eigenvalue weighted by molar-refractivity contribution is 5.59. The third kappa shape index (κ3) is 2.71. The first-order chi connectivity index (χ1) is 9.36. The van der Waals surface area contributed by atoms with Gasteiger partial charge < -0.3 is 5.73 Å². The second-order valence-electron chi connectivity index (χ2n) is 5.44. The fourth-order valence-corrected chi connectivity index (χ4v) is 2.98. The Morgan fingerprint density at radius 1 is 1.11 bits per heavy atom. The summed E-state index contributed by atoms with van der Waals surface area (Å²) in [6, 6.07) is 10.9. The van der Waals surface area contributed by atoms with Crippen molar-refractivity contribution in [2.75, 3.05) is 0 Å². The van der Waals surface area contributed by atoms with Gasteiger partial charge in [0.1, 0.15) is 0 Å². The number of aromatic amines is 1. The summed E-state index contributed by atoms with van der Waals surface area (Å²) in [5, 5.41) is 7.25. The van der Waals surface area contributed by atoms with Gasteiger partial charge >= 0.3 is 0 Å². The number of benzene rings is 1. The smallest absolute Gasteiger partial charge is 0.0924 e. The van der Waals surface area contributed by atoms with Gasteiger partial charge in [0.15, 0.2) is 0 Å². The molecule has 3 nitrogen and oxygen atoms in total. The van der Waals surface area contributed by atoms with E-state index in [2.05, 4.69) is 34.5 Å². The van der Waals surface area contributed by atoms with Crippen LogP contribution in [-0.2, 0) is 6.54 Å². The summed E-state index contributed by atoms with van der Waals surface area (Å²) < 4.78 is 0. The van der Waals surface area contributed by atoms with Crippen molar-refractivity contribution >= 4 is 0 Å². The molecule has 1 heterocycles. The van der Waals surface area contributed by atoms with E-state index in [-0.39, 0.29) is 0 Å². The van der Waals surface area contributed by atoms with Crippen LogP contribution in [0.1, 0.15) is 49.3 Å². The molecule has 2 aromatic rings. The molecule has 19 heavy (non-hydrogen) atoms. The molecule has 3 heteroatoms. The second-order valence-corrected chi connectivity index (χ2v) is 5.44. The molecule has 0 bridgehead atoms. The van der Waals surface area contributed by atoms with Gasteiger partial charge in [-0.1, -0.05) is 43.5 Å². The quantitative estimate of drug-likeness (QED) is 0.880. The zero-order valence-electron chi connectivity index (χ0n) is 11.2. The van der Waals surface area contributed by atoms with Crippen molar-refractivity contribution < 1.29 is 0 Å². The van der Waals surface area contributed by atoms with Crippen molar-refractivity contribution in [2.45, 2.75) is 44.6 Å². The number of aromatic nitrogens is 2. The van der Waals surface area contributed by atoms with E-state index in [1.807, 2.05) is 6.07 Å². The molecule has 0 atom stereocenters. The van der Waals surface area contributed by atoms with Crippen LogP contribution in [0.4, 0.5) is 0 Å². The average molecular weight is 255 g/mol. The first-order valence-electron chi connectivity index (χ1n) is 7.21. The molecule has 0 radical (unpaired) electrons. The third-order valence-corrected chi connectivity index (χ3v) is 4.13. The molecule has 1 aliphatic carbocycles. The van der Waals surface area contributed by atoms with Crippen LogP contribution in [0.3, 0.4) is 0 Å². The summed E-state index contributed by atoms with van der Waals surface area (Å²) in [5.74, 6) is 0.765. The molecular weight excluding hydrogens is 234 g/mol. The Bertz CT molecular complexity index is 521. The lowest BCUT2D eigenvalue weighted by Crippen LogP contribution is -2.04. The van der Waals surface area contributed by atoms with E-state index < -0.39 is 0 Å². The Morgan fingerprint density at radius 2 is 1.84 bits per heavy atom. The summed E-state index contributed by atoms with van der Waals surface area (Å²) in [5.41, 5.74) is 10.2. The van der Waals surface area contributed by atoms with Crippen LogP contribution in [0, 0.1) is 0 Å². The third-order valence-electron chi connectivity index (χ3n) is 4.13. The number of H-pyrrole nitrogens is 1. The van der Waals surface area contributed by atoms with Gasteiger partial charge in [-0.05, 0) is 30.4 Å². The lowest BCUT2D eigenvalue weighted by atomic mass is 9.84. The fraction of sp³-hybridized carbons (Fsp3) is 0.438. The molecule has 1 aromatic carbocycles. The number of hydrogen-bond donors (Lipinski definition) is 2. The van der Waals surface area contributed by atoms with Crippen LogP contribution in [0.2, 0.25) is 0 Å². The summed E-state index contributed by atoms with van der Waals surface area (Å²) in [6.07, 6.45) is 6.86. The maximum Gasteiger partial charge on any atom is 0.0924 e. The van der Waals surface area contributed by atoms with Crippen molar-refractivity contribution in [3.8, 4) is 11.3 Å². The predicted octanol–water partition coefficient (Wildman–Crippen LogP) is 3.58. The maximum absolute atomic E-state index is 5.59. The van der Waals surface area contributed by atoms with Gasteiger partial charge in [0, 0.05) is 17.8 Å². The molecule has 1 aliphatic rings. The van der Waals surface area contributed by atoms with Crippen molar-refractivity contribution in [1.29, 1.82) is 0 Å². The molecule has 3 rings (SSSR count). The Hall–Kier alpha value is -1.61. The van der Waals surface area contributed by atoms with Gasteiger partial charge in [0.2, 0.25) is 0 Å². The van der Waals surface area contributed by atoms with Crippen molar-refractivity contribution in [3.63, 3.8) is 0 Å². The fourth-order valence-electron chi connectivity index (χ4n) is 2.98. The first-order valence-corrected chi connectivity index (χ1v) is 7.21. The van der Waals surface area contributed by atoms with Gasteiger partial charge in [-0.2, -0.15) is 5.10 Å². The highest BCUT2D eigenvalue weighted by atomic mass is 15.1. The average Bonchev–Trinajstić information content (AvgIpc) is 2.97. The molecule has 0 amide bonds. The SMILES string of the molecule is NCc1cc(-c2ccc(C3CCCCC3)cc2)n[nH]1. The summed E-state index contributed by atoms with van der Waals surface area (Å²) in [4.78, 5) is 0. The van der Waals surface area contributed by atoms with E-state index in [1.165, 1.54) is 37.7 Å². The summed E-state index contributed by atoms with van der Waals surface area (Å²) >= 11 is 0. The highest BCUT2D eigenvalue weighted by Gasteiger charge is 2.15. The topological polar surface area (TPSA) is 54.7 Å². The maximum atomic E-state index is 5.59. The molecule has 1 aromatic heterocycles. The minimum atomic E-state index is 0.507. The van der Waals surface area contributed by atoms with Gasteiger partial charge in [0.25, 0.3) is 0 Å². The molecule has 0 unspecified atom stereocenters. The molecule has 100 valence electrons. The lowest BCUT2D eigenvalue weighted by Gasteiger charge is -2.21. The minimum absolute atomic E-state index is 0.507. The van der Waals surface area contributed by atoms with Crippen LogP contribution in [0.15, 0.2) is 30.3 Å². The van der Waals surface area contributed by atoms with E-state index in [0.29, 0.717) is 6.54 Å². The van der Waals surface area contributed by atoms with E-state index in [9.17, 15) is 0 Å². The van der Waals surface area contributed by atoms with Crippen molar-refractivity contribution in [2.24, 2.45) is 5.73 Å². The van der Waals surface area contributed by atoms with Gasteiger partial charge in [0.05, 0.1) is 5.69 Å². The number of rotatable bonds is 3. The molecule has 0 spiro atoms. The standard InChI is InChI=1S/C16H21N3/c17-11-15-10-16(19-18-15)14-8-6-13(7-9-14)12-4-2-1-3-5-12/h6-10,12H,1-5,11,17H2,(H,18,19). The van der Waals surface area contributed by atoms with Gasteiger partial charge in [-0.3, -0.25) is 5.10 Å². The Labute approximate surface area is 114 Å². The summed E-state index contributed by atoms with van der Waals surface area (Å²) in [6.45, 7) is 0.507. The minimum Gasteiger partial charge on any atom is -0.325 e. The molecule has 0 saturated heterocycles. The molecule has 1 fully saturated rings. The predicted molar refractivity (Wildman–Crippen MR) is 77.7 cm³/mol. The van der Waals surface area contributed by atoms with Gasteiger partial charge in [-0.15, -0.1) is 0 Å². The second kappa shape index (κ2) is 5.57. The van der Waals surface area contributed by atoms with Crippen molar-refractivity contribution in [1.82, 2.24) is 10.2 Å². The van der Waals surface area contributed by atoms with Crippen LogP contribution >= 0.6 is 0 Å². The normalized spacial score (nSPS) is 16.7. The monoisotopic (exact) mass is 255 g/mol. The Morgan fingerprint density at radius 3 is 2.47 bits per heavy atom.